The molecule has 0 aliphatic heterocycles. The van der Waals surface area contributed by atoms with E-state index < -0.39 is 0 Å². The van der Waals surface area contributed by atoms with E-state index in [2.05, 4.69) is 10.3 Å². The van der Waals surface area contributed by atoms with Crippen molar-refractivity contribution in [3.05, 3.63) is 83.0 Å². The Balaban J connectivity index is 1.81. The molecule has 0 unspecified atom stereocenters. The van der Waals surface area contributed by atoms with Crippen LogP contribution in [0.15, 0.2) is 66.9 Å². The Bertz CT molecular complexity index is 896. The number of nitrogens with zero attached hydrogens (tertiary/aromatic N) is 2. The Morgan fingerprint density at radius 1 is 1.08 bits per heavy atom. The van der Waals surface area contributed by atoms with Gasteiger partial charge in [0.05, 0.1) is 0 Å². The van der Waals surface area contributed by atoms with Crippen molar-refractivity contribution >= 4 is 34.7 Å². The number of halogens is 1. The van der Waals surface area contributed by atoms with Crippen LogP contribution in [0, 0.1) is 6.92 Å². The lowest BCUT2D eigenvalue weighted by atomic mass is 10.2. The number of aryl methyl sites for hydroxylation is 1. The third-order valence-corrected chi connectivity index (χ3v) is 4.33. The summed E-state index contributed by atoms with van der Waals surface area (Å²) in [6.45, 7) is 1.92. The van der Waals surface area contributed by atoms with E-state index in [1.165, 1.54) is 0 Å². The second-order valence-electron chi connectivity index (χ2n) is 5.72. The van der Waals surface area contributed by atoms with E-state index in [-0.39, 0.29) is 5.91 Å². The van der Waals surface area contributed by atoms with Gasteiger partial charge in [0.1, 0.15) is 5.82 Å². The molecule has 1 N–H and O–H groups in total. The molecule has 0 radical (unpaired) electrons. The molecule has 0 saturated carbocycles. The van der Waals surface area contributed by atoms with Gasteiger partial charge in [0, 0.05) is 35.2 Å². The highest BCUT2D eigenvalue weighted by atomic mass is 35.5. The van der Waals surface area contributed by atoms with E-state index in [0.29, 0.717) is 22.1 Å². The van der Waals surface area contributed by atoms with Gasteiger partial charge in [-0.3, -0.25) is 4.79 Å². The summed E-state index contributed by atoms with van der Waals surface area (Å²) in [7, 11) is 1.92. The summed E-state index contributed by atoms with van der Waals surface area (Å²) < 4.78 is 0. The summed E-state index contributed by atoms with van der Waals surface area (Å²) in [4.78, 5) is 18.8. The van der Waals surface area contributed by atoms with Crippen LogP contribution in [0.5, 0.6) is 0 Å². The summed E-state index contributed by atoms with van der Waals surface area (Å²) in [5.41, 5.74) is 3.16. The van der Waals surface area contributed by atoms with Gasteiger partial charge < -0.3 is 10.2 Å². The maximum Gasteiger partial charge on any atom is 0.255 e. The van der Waals surface area contributed by atoms with Crippen LogP contribution >= 0.6 is 11.6 Å². The van der Waals surface area contributed by atoms with Crippen molar-refractivity contribution in [2.45, 2.75) is 6.92 Å². The number of hydrogen-bond acceptors (Lipinski definition) is 3. The van der Waals surface area contributed by atoms with Gasteiger partial charge in [-0.15, -0.1) is 0 Å². The van der Waals surface area contributed by atoms with Crippen molar-refractivity contribution in [2.75, 3.05) is 17.3 Å². The molecule has 0 saturated heterocycles. The molecule has 3 rings (SSSR count). The van der Waals surface area contributed by atoms with Gasteiger partial charge in [0.2, 0.25) is 0 Å². The van der Waals surface area contributed by atoms with E-state index in [1.807, 2.05) is 61.3 Å². The van der Waals surface area contributed by atoms with Gasteiger partial charge in [-0.05, 0) is 48.9 Å². The first-order valence-corrected chi connectivity index (χ1v) is 8.25. The Kier molecular flexibility index (Phi) is 5.00. The number of anilines is 3. The highest BCUT2D eigenvalue weighted by Gasteiger charge is 2.11. The Morgan fingerprint density at radius 3 is 2.56 bits per heavy atom. The molecule has 0 spiro atoms. The zero-order valence-corrected chi connectivity index (χ0v) is 14.8. The summed E-state index contributed by atoms with van der Waals surface area (Å²) in [6, 6.07) is 18.8. The third kappa shape index (κ3) is 3.98. The van der Waals surface area contributed by atoms with Gasteiger partial charge in [0.25, 0.3) is 5.91 Å². The van der Waals surface area contributed by atoms with Crippen LogP contribution < -0.4 is 10.2 Å². The topological polar surface area (TPSA) is 45.2 Å². The second-order valence-corrected chi connectivity index (χ2v) is 6.12. The predicted molar refractivity (Wildman–Crippen MR) is 103 cm³/mol. The zero-order valence-electron chi connectivity index (χ0n) is 14.0. The monoisotopic (exact) mass is 351 g/mol. The van der Waals surface area contributed by atoms with Crippen molar-refractivity contribution in [2.24, 2.45) is 0 Å². The number of hydrogen-bond donors (Lipinski definition) is 1. The average Bonchev–Trinajstić information content (AvgIpc) is 2.65. The lowest BCUT2D eigenvalue weighted by Gasteiger charge is -2.18. The molecule has 0 aliphatic rings. The van der Waals surface area contributed by atoms with Crippen LogP contribution in [0.25, 0.3) is 0 Å². The molecule has 2 aromatic carbocycles. The molecule has 4 nitrogen and oxygen atoms in total. The van der Waals surface area contributed by atoms with E-state index in [1.54, 1.807) is 24.4 Å². The van der Waals surface area contributed by atoms with Crippen molar-refractivity contribution in [3.8, 4) is 0 Å². The van der Waals surface area contributed by atoms with Gasteiger partial charge >= 0.3 is 0 Å². The zero-order chi connectivity index (χ0) is 17.8. The van der Waals surface area contributed by atoms with Crippen LogP contribution in [0.3, 0.4) is 0 Å². The number of carbonyl (C=O) groups is 1. The van der Waals surface area contributed by atoms with Gasteiger partial charge in [-0.2, -0.15) is 0 Å². The molecule has 1 aromatic heterocycles. The minimum Gasteiger partial charge on any atom is -0.329 e. The number of benzene rings is 2. The van der Waals surface area contributed by atoms with Gasteiger partial charge in [-0.1, -0.05) is 35.9 Å². The summed E-state index contributed by atoms with van der Waals surface area (Å²) >= 11 is 6.11. The summed E-state index contributed by atoms with van der Waals surface area (Å²) in [5.74, 6) is 0.491. The first kappa shape index (κ1) is 17.0. The average molecular weight is 352 g/mol. The molecule has 0 fully saturated rings. The van der Waals surface area contributed by atoms with E-state index in [9.17, 15) is 4.79 Å². The molecule has 0 atom stereocenters. The van der Waals surface area contributed by atoms with Crippen LogP contribution in [0.2, 0.25) is 5.02 Å². The van der Waals surface area contributed by atoms with E-state index >= 15 is 0 Å². The molecule has 25 heavy (non-hydrogen) atoms. The highest BCUT2D eigenvalue weighted by molar-refractivity contribution is 6.31. The fourth-order valence-corrected chi connectivity index (χ4v) is 2.58. The number of carbonyl (C=O) groups excluding carboxylic acids is 1. The quantitative estimate of drug-likeness (QED) is 0.714. The maximum atomic E-state index is 12.5. The summed E-state index contributed by atoms with van der Waals surface area (Å²) in [5, 5.41) is 3.48. The molecule has 0 aliphatic carbocycles. The molecule has 3 aromatic rings. The van der Waals surface area contributed by atoms with Gasteiger partial charge in [-0.25, -0.2) is 4.98 Å². The molecular weight excluding hydrogens is 334 g/mol. The molecule has 126 valence electrons. The van der Waals surface area contributed by atoms with Crippen LogP contribution in [0.4, 0.5) is 17.2 Å². The molecule has 0 bridgehead atoms. The predicted octanol–water partition coefficient (Wildman–Crippen LogP) is 5.06. The number of aromatic nitrogens is 1. The first-order valence-electron chi connectivity index (χ1n) is 7.87. The lowest BCUT2D eigenvalue weighted by molar-refractivity contribution is 0.102. The Hall–Kier alpha value is -2.85. The van der Waals surface area contributed by atoms with E-state index in [4.69, 9.17) is 11.6 Å². The number of nitrogens with one attached hydrogen (secondary N) is 1. The maximum absolute atomic E-state index is 12.5. The van der Waals surface area contributed by atoms with Crippen molar-refractivity contribution in [1.29, 1.82) is 0 Å². The van der Waals surface area contributed by atoms with Gasteiger partial charge in [0.15, 0.2) is 0 Å². The Labute approximate surface area is 152 Å². The summed E-state index contributed by atoms with van der Waals surface area (Å²) in [6.07, 6.45) is 1.63. The number of rotatable bonds is 4. The van der Waals surface area contributed by atoms with Crippen LogP contribution in [-0.2, 0) is 0 Å². The largest absolute Gasteiger partial charge is 0.329 e. The minimum atomic E-state index is -0.204. The first-order chi connectivity index (χ1) is 12.0. The fraction of sp³-hybridized carbons (Fsp3) is 0.100. The third-order valence-electron chi connectivity index (χ3n) is 3.92. The lowest BCUT2D eigenvalue weighted by Crippen LogP contribution is -2.15. The number of amides is 1. The molecule has 1 heterocycles. The van der Waals surface area contributed by atoms with Crippen molar-refractivity contribution in [1.82, 2.24) is 4.98 Å². The SMILES string of the molecule is Cc1ccc(NC(=O)c2ccnc(N(C)c3ccccc3)c2)cc1Cl. The molecule has 5 heteroatoms. The van der Waals surface area contributed by atoms with E-state index in [0.717, 1.165) is 11.3 Å². The van der Waals surface area contributed by atoms with Crippen molar-refractivity contribution < 1.29 is 4.79 Å². The van der Waals surface area contributed by atoms with Crippen LogP contribution in [-0.4, -0.2) is 17.9 Å². The molecule has 1 amide bonds. The normalized spacial score (nSPS) is 10.4. The standard InChI is InChI=1S/C20H18ClN3O/c1-14-8-9-16(13-18(14)21)23-20(25)15-10-11-22-19(12-15)24(2)17-6-4-3-5-7-17/h3-13H,1-2H3,(H,23,25). The number of para-hydroxylation sites is 1. The van der Waals surface area contributed by atoms with Crippen molar-refractivity contribution in [3.63, 3.8) is 0 Å². The second kappa shape index (κ2) is 7.36. The molecular formula is C20H18ClN3O. The smallest absolute Gasteiger partial charge is 0.255 e. The minimum absolute atomic E-state index is 0.204. The fourth-order valence-electron chi connectivity index (χ4n) is 2.40. The van der Waals surface area contributed by atoms with Crippen LogP contribution in [0.1, 0.15) is 15.9 Å². The number of pyridine rings is 1. The Morgan fingerprint density at radius 2 is 1.84 bits per heavy atom. The highest BCUT2D eigenvalue weighted by Crippen LogP contribution is 2.23.